The van der Waals surface area contributed by atoms with Crippen molar-refractivity contribution in [3.05, 3.63) is 0 Å². The molecule has 0 amide bonds. The van der Waals surface area contributed by atoms with E-state index in [0.29, 0.717) is 5.92 Å². The zero-order valence-electron chi connectivity index (χ0n) is 16.4. The Morgan fingerprint density at radius 2 is 1.26 bits per heavy atom. The van der Waals surface area contributed by atoms with E-state index in [1.165, 1.54) is 58.1 Å². The Balaban J connectivity index is 5.58. The van der Waals surface area contributed by atoms with Gasteiger partial charge in [0.2, 0.25) is 0 Å². The average Bonchev–Trinajstić information content (AvgIpc) is 2.44. The minimum absolute atomic E-state index is 0.0314. The Labute approximate surface area is 150 Å². The Hall–Kier alpha value is 0.709. The normalized spacial score (nSPS) is 14.4. The zero-order valence-corrected chi connectivity index (χ0v) is 20.0. The van der Waals surface area contributed by atoms with Crippen LogP contribution in [0.4, 0.5) is 0 Å². The Morgan fingerprint density at radius 3 is 1.52 bits per heavy atom. The molecule has 0 aliphatic carbocycles. The molecule has 5 heteroatoms. The number of unbranched alkanes of at least 4 members (excludes halogenated alkanes) is 3. The summed E-state index contributed by atoms with van der Waals surface area (Å²) in [5.41, 5.74) is 0. The van der Waals surface area contributed by atoms with E-state index >= 15 is 0 Å². The second-order valence-corrected chi connectivity index (χ2v) is 23.1. The first-order valence-corrected chi connectivity index (χ1v) is 19.1. The number of hydrogen-bond acceptors (Lipinski definition) is 3. The van der Waals surface area contributed by atoms with Crippen LogP contribution in [-0.2, 0) is 14.3 Å². The Morgan fingerprint density at radius 1 is 0.870 bits per heavy atom. The van der Waals surface area contributed by atoms with Gasteiger partial charge in [-0.05, 0) is 0 Å². The summed E-state index contributed by atoms with van der Waals surface area (Å²) in [7, 11) is -3.37. The van der Waals surface area contributed by atoms with Gasteiger partial charge in [0.05, 0.1) is 0 Å². The summed E-state index contributed by atoms with van der Waals surface area (Å²) < 4.78 is 33.5. The summed E-state index contributed by atoms with van der Waals surface area (Å²) in [6, 6.07) is 0. The molecule has 3 nitrogen and oxygen atoms in total. The van der Waals surface area contributed by atoms with E-state index in [4.69, 9.17) is 4.18 Å². The fourth-order valence-corrected chi connectivity index (χ4v) is 24.2. The maximum absolute atomic E-state index is 11.9. The van der Waals surface area contributed by atoms with Gasteiger partial charge >= 0.3 is 150 Å². The molecule has 0 aliphatic heterocycles. The molecule has 0 spiro atoms. The van der Waals surface area contributed by atoms with Crippen LogP contribution in [0.2, 0.25) is 13.3 Å². The van der Waals surface area contributed by atoms with Gasteiger partial charge in [-0.2, -0.15) is 0 Å². The second kappa shape index (κ2) is 12.1. The van der Waals surface area contributed by atoms with Crippen molar-refractivity contribution >= 4 is 28.5 Å². The zero-order chi connectivity index (χ0) is 17.9. The molecule has 0 fully saturated rings. The molecule has 0 radical (unpaired) electrons. The van der Waals surface area contributed by atoms with Crippen LogP contribution in [0.15, 0.2) is 0 Å². The van der Waals surface area contributed by atoms with Gasteiger partial charge < -0.3 is 0 Å². The summed E-state index contributed by atoms with van der Waals surface area (Å²) in [5, 5.41) is 0. The molecule has 0 saturated carbocycles. The van der Waals surface area contributed by atoms with Crippen molar-refractivity contribution in [2.75, 3.05) is 6.26 Å². The van der Waals surface area contributed by atoms with E-state index in [2.05, 4.69) is 34.6 Å². The fourth-order valence-electron chi connectivity index (χ4n) is 3.47. The maximum atomic E-state index is 11.9. The molecular weight excluding hydrogens is 415 g/mol. The van der Waals surface area contributed by atoms with Crippen LogP contribution in [-0.4, -0.2) is 37.2 Å². The van der Waals surface area contributed by atoms with Crippen molar-refractivity contribution in [1.82, 2.24) is 0 Å². The molecule has 0 bridgehead atoms. The molecular formula is C18H40O3SSn. The Bertz CT molecular complexity index is 371. The van der Waals surface area contributed by atoms with E-state index in [1.54, 1.807) is 0 Å². The van der Waals surface area contributed by atoms with Crippen molar-refractivity contribution in [3.8, 4) is 0 Å². The number of rotatable bonds is 14. The predicted octanol–water partition coefficient (Wildman–Crippen LogP) is 5.77. The third-order valence-corrected chi connectivity index (χ3v) is 22.3. The standard InChI is InChI=1S/C6H13O3S.3C4H9.Sn/c1-6(2)4-5-9-10(3,7)8;3*1-3-4-2;/h5-6H,4H2,1-3H3;3*1,3-4H2,2H3;. The first kappa shape index (κ1) is 23.7. The van der Waals surface area contributed by atoms with Gasteiger partial charge in [-0.15, -0.1) is 0 Å². The van der Waals surface area contributed by atoms with Gasteiger partial charge in [0.15, 0.2) is 0 Å². The van der Waals surface area contributed by atoms with Crippen LogP contribution < -0.4 is 0 Å². The fraction of sp³-hybridized carbons (Fsp3) is 1.00. The SMILES string of the molecule is CCC[CH2][Sn]([CH2]CCC)([CH2]CCC)[CH](CC(C)C)OS(C)(=O)=O. The van der Waals surface area contributed by atoms with Crippen molar-refractivity contribution in [2.24, 2.45) is 5.92 Å². The van der Waals surface area contributed by atoms with Crippen LogP contribution in [0.5, 0.6) is 0 Å². The molecule has 0 aliphatic rings. The Kier molecular flexibility index (Phi) is 12.5. The molecule has 0 aromatic carbocycles. The van der Waals surface area contributed by atoms with Gasteiger partial charge in [-0.3, -0.25) is 0 Å². The molecule has 1 atom stereocenters. The van der Waals surface area contributed by atoms with Crippen molar-refractivity contribution in [2.45, 2.75) is 97.0 Å². The second-order valence-electron chi connectivity index (χ2n) is 7.59. The number of hydrogen-bond donors (Lipinski definition) is 0. The molecule has 140 valence electrons. The van der Waals surface area contributed by atoms with E-state index in [0.717, 1.165) is 6.42 Å². The van der Waals surface area contributed by atoms with Gasteiger partial charge in [0, 0.05) is 0 Å². The third-order valence-electron chi connectivity index (χ3n) is 4.74. The summed E-state index contributed by atoms with van der Waals surface area (Å²) in [4.78, 5) is 0. The van der Waals surface area contributed by atoms with Crippen molar-refractivity contribution in [3.63, 3.8) is 0 Å². The molecule has 0 rings (SSSR count). The molecule has 0 N–H and O–H groups in total. The van der Waals surface area contributed by atoms with Crippen LogP contribution in [0.3, 0.4) is 0 Å². The van der Waals surface area contributed by atoms with Gasteiger partial charge in [0.1, 0.15) is 0 Å². The van der Waals surface area contributed by atoms with E-state index in [-0.39, 0.29) is 4.12 Å². The van der Waals surface area contributed by atoms with Crippen LogP contribution in [0.1, 0.15) is 79.6 Å². The molecule has 1 unspecified atom stereocenters. The van der Waals surface area contributed by atoms with E-state index < -0.39 is 28.5 Å². The topological polar surface area (TPSA) is 43.4 Å². The quantitative estimate of drug-likeness (QED) is 0.247. The molecule has 0 saturated heterocycles. The van der Waals surface area contributed by atoms with E-state index in [1.807, 2.05) is 0 Å². The molecule has 23 heavy (non-hydrogen) atoms. The average molecular weight is 455 g/mol. The summed E-state index contributed by atoms with van der Waals surface area (Å²) in [6.45, 7) is 11.1. The van der Waals surface area contributed by atoms with Crippen LogP contribution in [0.25, 0.3) is 0 Å². The van der Waals surface area contributed by atoms with Gasteiger partial charge in [0.25, 0.3) is 0 Å². The summed E-state index contributed by atoms with van der Waals surface area (Å²) >= 11 is -2.67. The minimum atomic E-state index is -3.37. The summed E-state index contributed by atoms with van der Waals surface area (Å²) in [5.74, 6) is 0.489. The third kappa shape index (κ3) is 10.3. The van der Waals surface area contributed by atoms with Gasteiger partial charge in [-0.25, -0.2) is 0 Å². The van der Waals surface area contributed by atoms with Crippen LogP contribution >= 0.6 is 0 Å². The first-order chi connectivity index (χ1) is 10.7. The molecule has 0 aromatic rings. The van der Waals surface area contributed by atoms with Gasteiger partial charge in [-0.1, -0.05) is 0 Å². The summed E-state index contributed by atoms with van der Waals surface area (Å²) in [6.07, 6.45) is 9.47. The van der Waals surface area contributed by atoms with Crippen LogP contribution in [0, 0.1) is 5.92 Å². The van der Waals surface area contributed by atoms with E-state index in [9.17, 15) is 8.42 Å². The first-order valence-electron chi connectivity index (χ1n) is 9.59. The van der Waals surface area contributed by atoms with Crippen molar-refractivity contribution < 1.29 is 12.6 Å². The van der Waals surface area contributed by atoms with Crippen molar-refractivity contribution in [1.29, 1.82) is 0 Å². The predicted molar refractivity (Wildman–Crippen MR) is 104 cm³/mol. The monoisotopic (exact) mass is 456 g/mol. The molecule has 0 aromatic heterocycles. The molecule has 0 heterocycles.